The van der Waals surface area contributed by atoms with E-state index < -0.39 is 0 Å². The second kappa shape index (κ2) is 5.91. The van der Waals surface area contributed by atoms with Gasteiger partial charge in [-0.15, -0.1) is 0 Å². The number of likely N-dealkylation sites (tertiary alicyclic amines) is 1. The summed E-state index contributed by atoms with van der Waals surface area (Å²) in [6, 6.07) is 0.0330. The van der Waals surface area contributed by atoms with Crippen molar-refractivity contribution < 1.29 is 9.53 Å². The third kappa shape index (κ3) is 2.97. The Balaban J connectivity index is 1.38. The molecule has 1 N–H and O–H groups in total. The van der Waals surface area contributed by atoms with E-state index in [0.717, 1.165) is 50.5 Å². The SMILES string of the molecule is O=C(NC[C@@H]1OCCc2cn(CC3CC3)nc21)N1CCCC1. The largest absolute Gasteiger partial charge is 0.370 e. The van der Waals surface area contributed by atoms with Crippen LogP contribution < -0.4 is 5.32 Å². The Morgan fingerprint density at radius 1 is 1.36 bits per heavy atom. The summed E-state index contributed by atoms with van der Waals surface area (Å²) in [4.78, 5) is 14.0. The number of nitrogens with one attached hydrogen (secondary N) is 1. The summed E-state index contributed by atoms with van der Waals surface area (Å²) in [6.45, 7) is 4.01. The van der Waals surface area contributed by atoms with E-state index in [4.69, 9.17) is 9.84 Å². The lowest BCUT2D eigenvalue weighted by Gasteiger charge is -2.24. The van der Waals surface area contributed by atoms with Crippen LogP contribution in [-0.2, 0) is 17.7 Å². The molecule has 0 unspecified atom stereocenters. The van der Waals surface area contributed by atoms with Crippen molar-refractivity contribution in [2.24, 2.45) is 5.92 Å². The molecule has 6 heteroatoms. The van der Waals surface area contributed by atoms with Gasteiger partial charge in [0.15, 0.2) is 0 Å². The molecule has 1 aliphatic carbocycles. The van der Waals surface area contributed by atoms with Crippen LogP contribution in [0.15, 0.2) is 6.20 Å². The molecule has 2 amide bonds. The average molecular weight is 304 g/mol. The fourth-order valence-corrected chi connectivity index (χ4v) is 3.36. The molecule has 6 nitrogen and oxygen atoms in total. The van der Waals surface area contributed by atoms with Crippen molar-refractivity contribution in [2.75, 3.05) is 26.2 Å². The molecule has 3 heterocycles. The molecule has 0 aromatic carbocycles. The first kappa shape index (κ1) is 14.1. The lowest BCUT2D eigenvalue weighted by molar-refractivity contribution is 0.0403. The van der Waals surface area contributed by atoms with Crippen molar-refractivity contribution >= 4 is 6.03 Å². The molecule has 2 aliphatic heterocycles. The van der Waals surface area contributed by atoms with Crippen molar-refractivity contribution in [3.8, 4) is 0 Å². The molecule has 2 fully saturated rings. The number of hydrogen-bond donors (Lipinski definition) is 1. The summed E-state index contributed by atoms with van der Waals surface area (Å²) in [6.07, 6.45) is 7.89. The highest BCUT2D eigenvalue weighted by molar-refractivity contribution is 5.74. The van der Waals surface area contributed by atoms with Crippen molar-refractivity contribution in [1.29, 1.82) is 0 Å². The van der Waals surface area contributed by atoms with Gasteiger partial charge in [0.1, 0.15) is 6.10 Å². The molecular formula is C16H24N4O2. The topological polar surface area (TPSA) is 59.4 Å². The van der Waals surface area contributed by atoms with E-state index in [9.17, 15) is 4.79 Å². The maximum Gasteiger partial charge on any atom is 0.317 e. The number of ether oxygens (including phenoxy) is 1. The van der Waals surface area contributed by atoms with Gasteiger partial charge in [0.25, 0.3) is 0 Å². The van der Waals surface area contributed by atoms with Gasteiger partial charge in [-0.05, 0) is 43.6 Å². The fourth-order valence-electron chi connectivity index (χ4n) is 3.36. The fraction of sp³-hybridized carbons (Fsp3) is 0.750. The predicted molar refractivity (Wildman–Crippen MR) is 81.6 cm³/mol. The van der Waals surface area contributed by atoms with E-state index in [1.165, 1.54) is 18.4 Å². The predicted octanol–water partition coefficient (Wildman–Crippen LogP) is 1.71. The molecule has 1 atom stereocenters. The van der Waals surface area contributed by atoms with Crippen LogP contribution in [0.4, 0.5) is 4.79 Å². The molecule has 120 valence electrons. The highest BCUT2D eigenvalue weighted by Crippen LogP contribution is 2.32. The number of carbonyl (C=O) groups excluding carboxylic acids is 1. The van der Waals surface area contributed by atoms with Gasteiger partial charge in [-0.1, -0.05) is 0 Å². The highest BCUT2D eigenvalue weighted by Gasteiger charge is 2.28. The van der Waals surface area contributed by atoms with Crippen LogP contribution in [0.3, 0.4) is 0 Å². The minimum atomic E-state index is -0.101. The molecule has 1 aromatic rings. The molecule has 4 rings (SSSR count). The van der Waals surface area contributed by atoms with E-state index in [1.54, 1.807) is 0 Å². The first-order chi connectivity index (χ1) is 10.8. The summed E-state index contributed by atoms with van der Waals surface area (Å²) in [5.41, 5.74) is 2.31. The molecule has 0 bridgehead atoms. The van der Waals surface area contributed by atoms with Crippen molar-refractivity contribution in [2.45, 2.75) is 44.8 Å². The molecule has 0 spiro atoms. The third-order valence-electron chi connectivity index (χ3n) is 4.84. The van der Waals surface area contributed by atoms with Gasteiger partial charge in [-0.25, -0.2) is 4.79 Å². The number of carbonyl (C=O) groups is 1. The number of fused-ring (bicyclic) bond motifs is 1. The smallest absolute Gasteiger partial charge is 0.317 e. The van der Waals surface area contributed by atoms with Crippen LogP contribution in [0, 0.1) is 5.92 Å². The molecule has 0 radical (unpaired) electrons. The summed E-state index contributed by atoms with van der Waals surface area (Å²) in [7, 11) is 0. The zero-order valence-corrected chi connectivity index (χ0v) is 13.0. The molecule has 1 aromatic heterocycles. The highest BCUT2D eigenvalue weighted by atomic mass is 16.5. The summed E-state index contributed by atoms with van der Waals surface area (Å²) in [5.74, 6) is 0.815. The number of hydrogen-bond acceptors (Lipinski definition) is 3. The molecule has 22 heavy (non-hydrogen) atoms. The number of aromatic nitrogens is 2. The standard InChI is InChI=1S/C16H24N4O2/c21-16(19-6-1-2-7-19)17-9-14-15-13(5-8-22-14)11-20(18-15)10-12-3-4-12/h11-12,14H,1-10H2,(H,17,21)/t14-/m0/s1. The molecule has 3 aliphatic rings. The molecule has 1 saturated carbocycles. The van der Waals surface area contributed by atoms with Crippen molar-refractivity contribution in [1.82, 2.24) is 20.0 Å². The summed E-state index contributed by atoms with van der Waals surface area (Å²) in [5, 5.41) is 7.72. The van der Waals surface area contributed by atoms with E-state index in [-0.39, 0.29) is 12.1 Å². The van der Waals surface area contributed by atoms with Crippen molar-refractivity contribution in [3.63, 3.8) is 0 Å². The van der Waals surface area contributed by atoms with Gasteiger partial charge in [0.2, 0.25) is 0 Å². The van der Waals surface area contributed by atoms with Crippen LogP contribution in [-0.4, -0.2) is 47.0 Å². The maximum atomic E-state index is 12.1. The van der Waals surface area contributed by atoms with Crippen LogP contribution in [0.2, 0.25) is 0 Å². The Labute approximate surface area is 130 Å². The molecule has 1 saturated heterocycles. The number of rotatable bonds is 4. The number of urea groups is 1. The number of amides is 2. The Morgan fingerprint density at radius 3 is 2.95 bits per heavy atom. The van der Waals surface area contributed by atoms with Gasteiger partial charge in [0, 0.05) is 25.8 Å². The Morgan fingerprint density at radius 2 is 2.18 bits per heavy atom. The van der Waals surface area contributed by atoms with Gasteiger partial charge in [-0.3, -0.25) is 4.68 Å². The Bertz CT molecular complexity index is 546. The van der Waals surface area contributed by atoms with Gasteiger partial charge in [-0.2, -0.15) is 5.10 Å². The number of nitrogens with zero attached hydrogens (tertiary/aromatic N) is 3. The Kier molecular flexibility index (Phi) is 3.78. The van der Waals surface area contributed by atoms with Gasteiger partial charge in [0.05, 0.1) is 18.8 Å². The lowest BCUT2D eigenvalue weighted by atomic mass is 10.1. The second-order valence-corrected chi connectivity index (χ2v) is 6.69. The molecular weight excluding hydrogens is 280 g/mol. The zero-order chi connectivity index (χ0) is 14.9. The quantitative estimate of drug-likeness (QED) is 0.921. The van der Waals surface area contributed by atoms with E-state index in [2.05, 4.69) is 16.2 Å². The minimum absolute atomic E-state index is 0.0330. The van der Waals surface area contributed by atoms with E-state index >= 15 is 0 Å². The van der Waals surface area contributed by atoms with Gasteiger partial charge >= 0.3 is 6.03 Å². The normalized spacial score (nSPS) is 24.4. The maximum absolute atomic E-state index is 12.1. The van der Waals surface area contributed by atoms with E-state index in [1.807, 2.05) is 4.90 Å². The zero-order valence-electron chi connectivity index (χ0n) is 13.0. The van der Waals surface area contributed by atoms with E-state index in [0.29, 0.717) is 13.2 Å². The van der Waals surface area contributed by atoms with Crippen LogP contribution in [0.5, 0.6) is 0 Å². The minimum Gasteiger partial charge on any atom is -0.370 e. The van der Waals surface area contributed by atoms with Crippen molar-refractivity contribution in [3.05, 3.63) is 17.5 Å². The second-order valence-electron chi connectivity index (χ2n) is 6.69. The summed E-state index contributed by atoms with van der Waals surface area (Å²) < 4.78 is 7.92. The first-order valence-corrected chi connectivity index (χ1v) is 8.50. The third-order valence-corrected chi connectivity index (χ3v) is 4.84. The lowest BCUT2D eigenvalue weighted by Crippen LogP contribution is -2.40. The Hall–Kier alpha value is -1.56. The van der Waals surface area contributed by atoms with Crippen LogP contribution in [0.25, 0.3) is 0 Å². The van der Waals surface area contributed by atoms with Gasteiger partial charge < -0.3 is 15.0 Å². The first-order valence-electron chi connectivity index (χ1n) is 8.50. The van der Waals surface area contributed by atoms with Crippen LogP contribution >= 0.6 is 0 Å². The summed E-state index contributed by atoms with van der Waals surface area (Å²) >= 11 is 0. The monoisotopic (exact) mass is 304 g/mol. The van der Waals surface area contributed by atoms with Crippen LogP contribution in [0.1, 0.15) is 43.0 Å². The average Bonchev–Trinajstić information content (AvgIpc) is 3.03.